The summed E-state index contributed by atoms with van der Waals surface area (Å²) in [6.07, 6.45) is 13.4. The predicted octanol–water partition coefficient (Wildman–Crippen LogP) is 8.87. The number of fused-ring (bicyclic) bond motifs is 1. The van der Waals surface area contributed by atoms with Crippen molar-refractivity contribution in [2.75, 3.05) is 7.05 Å². The second kappa shape index (κ2) is 10.9. The molecule has 1 aromatic heterocycles. The van der Waals surface area contributed by atoms with Gasteiger partial charge in [-0.3, -0.25) is 4.98 Å². The standard InChI is InChI=1S/C36H34N2/c1-6-13-33-32(22-23-38(5)35(33)8-3)34-21-19-28(24-37-34)25(4)29-20-18-27-15-10-12-17-31(27)36(29)30-16-11-9-14-26(30)7-2/h6,8-24,35H,3-4,7H2,1-2,5H3/b13-6-. The highest BCUT2D eigenvalue weighted by Gasteiger charge is 2.21. The second-order valence-corrected chi connectivity index (χ2v) is 9.66. The second-order valence-electron chi connectivity index (χ2n) is 9.66. The van der Waals surface area contributed by atoms with Crippen LogP contribution in [0, 0.1) is 0 Å². The van der Waals surface area contributed by atoms with Crippen LogP contribution in [-0.2, 0) is 6.42 Å². The van der Waals surface area contributed by atoms with Crippen LogP contribution in [0.4, 0.5) is 0 Å². The van der Waals surface area contributed by atoms with Crippen molar-refractivity contribution in [1.82, 2.24) is 9.88 Å². The van der Waals surface area contributed by atoms with E-state index in [1.165, 1.54) is 33.0 Å². The van der Waals surface area contributed by atoms with Crippen LogP contribution in [0.5, 0.6) is 0 Å². The Balaban J connectivity index is 1.61. The van der Waals surface area contributed by atoms with Crippen LogP contribution in [0.3, 0.4) is 0 Å². The first-order valence-corrected chi connectivity index (χ1v) is 13.2. The predicted molar refractivity (Wildman–Crippen MR) is 164 cm³/mol. The molecule has 0 spiro atoms. The lowest BCUT2D eigenvalue weighted by Crippen LogP contribution is -2.29. The van der Waals surface area contributed by atoms with Gasteiger partial charge in [-0.1, -0.05) is 98.5 Å². The zero-order chi connectivity index (χ0) is 26.6. The van der Waals surface area contributed by atoms with Crippen LogP contribution in [0.15, 0.2) is 128 Å². The number of hydrogen-bond acceptors (Lipinski definition) is 2. The molecule has 0 bridgehead atoms. The number of nitrogens with zero attached hydrogens (tertiary/aromatic N) is 2. The molecule has 0 saturated heterocycles. The number of aromatic nitrogens is 1. The van der Waals surface area contributed by atoms with E-state index in [0.29, 0.717) is 0 Å². The van der Waals surface area contributed by atoms with E-state index in [0.717, 1.165) is 34.4 Å². The maximum atomic E-state index is 4.92. The van der Waals surface area contributed by atoms with Gasteiger partial charge in [0, 0.05) is 30.6 Å². The van der Waals surface area contributed by atoms with Crippen molar-refractivity contribution in [2.45, 2.75) is 26.3 Å². The SMILES string of the molecule is C=CC1C(/C=C\C)=C(c2ccc(C(=C)c3ccc4ccccc4c3-c3ccccc3CC)cn2)C=CN1C. The number of allylic oxidation sites excluding steroid dienone is 3. The summed E-state index contributed by atoms with van der Waals surface area (Å²) in [6.45, 7) is 12.9. The molecule has 1 atom stereocenters. The fraction of sp³-hybridized carbons (Fsp3) is 0.139. The first-order valence-electron chi connectivity index (χ1n) is 13.2. The van der Waals surface area contributed by atoms with Gasteiger partial charge >= 0.3 is 0 Å². The van der Waals surface area contributed by atoms with Gasteiger partial charge in [0.05, 0.1) is 11.7 Å². The van der Waals surface area contributed by atoms with Crippen molar-refractivity contribution < 1.29 is 0 Å². The van der Waals surface area contributed by atoms with Gasteiger partial charge in [-0.15, -0.1) is 6.58 Å². The van der Waals surface area contributed by atoms with Gasteiger partial charge in [0.2, 0.25) is 0 Å². The minimum absolute atomic E-state index is 0.112. The largest absolute Gasteiger partial charge is 0.370 e. The summed E-state index contributed by atoms with van der Waals surface area (Å²) in [5.41, 5.74) is 10.2. The van der Waals surface area contributed by atoms with E-state index in [1.54, 1.807) is 0 Å². The monoisotopic (exact) mass is 494 g/mol. The highest BCUT2D eigenvalue weighted by Crippen LogP contribution is 2.39. The van der Waals surface area contributed by atoms with E-state index < -0.39 is 0 Å². The third-order valence-electron chi connectivity index (χ3n) is 7.42. The molecule has 0 amide bonds. The molecule has 3 aromatic carbocycles. The summed E-state index contributed by atoms with van der Waals surface area (Å²) in [5, 5.41) is 2.47. The molecule has 2 heteroatoms. The molecule has 1 aliphatic heterocycles. The molecular formula is C36H34N2. The minimum Gasteiger partial charge on any atom is -0.370 e. The molecule has 0 aliphatic carbocycles. The van der Waals surface area contributed by atoms with Crippen LogP contribution < -0.4 is 0 Å². The molecule has 0 N–H and O–H groups in total. The Kier molecular flexibility index (Phi) is 7.24. The summed E-state index contributed by atoms with van der Waals surface area (Å²) in [5.74, 6) is 0. The maximum Gasteiger partial charge on any atom is 0.0721 e. The van der Waals surface area contributed by atoms with E-state index in [-0.39, 0.29) is 6.04 Å². The van der Waals surface area contributed by atoms with E-state index >= 15 is 0 Å². The Bertz CT molecular complexity index is 1600. The van der Waals surface area contributed by atoms with E-state index in [1.807, 2.05) is 19.2 Å². The molecule has 2 heterocycles. The number of likely N-dealkylation sites (N-methyl/N-ethyl adjacent to an activating group) is 1. The quantitative estimate of drug-likeness (QED) is 0.239. The van der Waals surface area contributed by atoms with Crippen molar-refractivity contribution in [3.63, 3.8) is 0 Å². The molecule has 4 aromatic rings. The molecule has 2 nitrogen and oxygen atoms in total. The summed E-state index contributed by atoms with van der Waals surface area (Å²) >= 11 is 0. The van der Waals surface area contributed by atoms with Crippen molar-refractivity contribution in [1.29, 1.82) is 0 Å². The molecule has 5 rings (SSSR count). The average Bonchev–Trinajstić information content (AvgIpc) is 2.96. The van der Waals surface area contributed by atoms with Crippen molar-refractivity contribution in [2.24, 2.45) is 0 Å². The number of aryl methyl sites for hydroxylation is 1. The van der Waals surface area contributed by atoms with Crippen molar-refractivity contribution in [3.05, 3.63) is 151 Å². The summed E-state index contributed by atoms with van der Waals surface area (Å²) in [6, 6.07) is 26.1. The number of pyridine rings is 1. The van der Waals surface area contributed by atoms with Crippen molar-refractivity contribution >= 4 is 21.9 Å². The van der Waals surface area contributed by atoms with Crippen LogP contribution in [0.1, 0.15) is 36.2 Å². The average molecular weight is 495 g/mol. The van der Waals surface area contributed by atoms with Gasteiger partial charge in [0.25, 0.3) is 0 Å². The topological polar surface area (TPSA) is 16.1 Å². The smallest absolute Gasteiger partial charge is 0.0721 e. The Morgan fingerprint density at radius 2 is 1.79 bits per heavy atom. The Labute approximate surface area is 226 Å². The molecule has 188 valence electrons. The molecule has 38 heavy (non-hydrogen) atoms. The first kappa shape index (κ1) is 25.2. The van der Waals surface area contributed by atoms with E-state index in [2.05, 4.69) is 129 Å². The van der Waals surface area contributed by atoms with Crippen LogP contribution in [0.25, 0.3) is 33.0 Å². The molecule has 0 fully saturated rings. The lowest BCUT2D eigenvalue weighted by atomic mass is 9.86. The van der Waals surface area contributed by atoms with Gasteiger partial charge < -0.3 is 4.90 Å². The van der Waals surface area contributed by atoms with Crippen LogP contribution in [0.2, 0.25) is 0 Å². The normalized spacial score (nSPS) is 15.4. The summed E-state index contributed by atoms with van der Waals surface area (Å²) in [4.78, 5) is 7.08. The Hall–Kier alpha value is -4.43. The maximum absolute atomic E-state index is 4.92. The zero-order valence-electron chi connectivity index (χ0n) is 22.5. The van der Waals surface area contributed by atoms with Gasteiger partial charge in [-0.05, 0) is 69.7 Å². The van der Waals surface area contributed by atoms with Crippen molar-refractivity contribution in [3.8, 4) is 11.1 Å². The number of hydrogen-bond donors (Lipinski definition) is 0. The zero-order valence-corrected chi connectivity index (χ0v) is 22.5. The first-order chi connectivity index (χ1) is 18.6. The molecule has 1 aliphatic rings. The third-order valence-corrected chi connectivity index (χ3v) is 7.42. The Morgan fingerprint density at radius 3 is 2.53 bits per heavy atom. The minimum atomic E-state index is 0.112. The molecular weight excluding hydrogens is 460 g/mol. The lowest BCUT2D eigenvalue weighted by molar-refractivity contribution is 0.425. The van der Waals surface area contributed by atoms with Gasteiger partial charge in [-0.2, -0.15) is 0 Å². The van der Waals surface area contributed by atoms with E-state index in [4.69, 9.17) is 4.98 Å². The molecule has 0 radical (unpaired) electrons. The highest BCUT2D eigenvalue weighted by molar-refractivity contribution is 6.04. The highest BCUT2D eigenvalue weighted by atomic mass is 15.1. The van der Waals surface area contributed by atoms with Crippen LogP contribution in [-0.4, -0.2) is 23.0 Å². The lowest BCUT2D eigenvalue weighted by Gasteiger charge is -2.30. The Morgan fingerprint density at radius 1 is 1.00 bits per heavy atom. The van der Waals surface area contributed by atoms with E-state index in [9.17, 15) is 0 Å². The molecule has 0 saturated carbocycles. The van der Waals surface area contributed by atoms with Gasteiger partial charge in [0.1, 0.15) is 0 Å². The number of rotatable bonds is 7. The fourth-order valence-corrected chi connectivity index (χ4v) is 5.43. The van der Waals surface area contributed by atoms with Gasteiger partial charge in [0.15, 0.2) is 0 Å². The summed E-state index contributed by atoms with van der Waals surface area (Å²) < 4.78 is 0. The number of benzene rings is 3. The third kappa shape index (κ3) is 4.54. The fourth-order valence-electron chi connectivity index (χ4n) is 5.43. The van der Waals surface area contributed by atoms with Crippen LogP contribution >= 0.6 is 0 Å². The van der Waals surface area contributed by atoms with Gasteiger partial charge in [-0.25, -0.2) is 0 Å². The summed E-state index contributed by atoms with van der Waals surface area (Å²) in [7, 11) is 2.07. The molecule has 1 unspecified atom stereocenters.